The van der Waals surface area contributed by atoms with E-state index in [1.54, 1.807) is 0 Å². The minimum absolute atomic E-state index is 0. The highest BCUT2D eigenvalue weighted by Gasteiger charge is 2.20. The van der Waals surface area contributed by atoms with Crippen molar-refractivity contribution in [3.05, 3.63) is 70.7 Å². The van der Waals surface area contributed by atoms with Gasteiger partial charge in [0.2, 0.25) is 0 Å². The van der Waals surface area contributed by atoms with Crippen LogP contribution in [0.1, 0.15) is 24.0 Å². The van der Waals surface area contributed by atoms with Gasteiger partial charge in [0.05, 0.1) is 13.2 Å². The van der Waals surface area contributed by atoms with Crippen molar-refractivity contribution < 1.29 is 4.74 Å². The highest BCUT2D eigenvalue weighted by atomic mass is 127. The summed E-state index contributed by atoms with van der Waals surface area (Å²) >= 11 is 5.97. The summed E-state index contributed by atoms with van der Waals surface area (Å²) in [5, 5.41) is 7.69. The summed E-state index contributed by atoms with van der Waals surface area (Å²) in [7, 11) is 1.82. The minimum Gasteiger partial charge on any atom is -0.375 e. The number of aliphatic imine (C=N–C) groups is 1. The number of ether oxygens (including phenoxy) is 1. The summed E-state index contributed by atoms with van der Waals surface area (Å²) in [5.74, 6) is 0.851. The first-order valence-electron chi connectivity index (χ1n) is 10.3. The lowest BCUT2D eigenvalue weighted by atomic mass is 10.0. The van der Waals surface area contributed by atoms with Gasteiger partial charge in [0.1, 0.15) is 0 Å². The molecule has 1 fully saturated rings. The maximum atomic E-state index is 5.97. The van der Waals surface area contributed by atoms with Crippen molar-refractivity contribution in [3.63, 3.8) is 0 Å². The van der Waals surface area contributed by atoms with Crippen molar-refractivity contribution in [2.75, 3.05) is 33.3 Å². The van der Waals surface area contributed by atoms with Gasteiger partial charge in [0, 0.05) is 44.3 Å². The van der Waals surface area contributed by atoms with Crippen molar-refractivity contribution in [2.24, 2.45) is 4.99 Å². The molecule has 0 aliphatic carbocycles. The third-order valence-corrected chi connectivity index (χ3v) is 5.37. The molecule has 1 heterocycles. The largest absolute Gasteiger partial charge is 0.375 e. The predicted octanol–water partition coefficient (Wildman–Crippen LogP) is 4.30. The summed E-state index contributed by atoms with van der Waals surface area (Å²) in [5.41, 5.74) is 2.51. The Morgan fingerprint density at radius 2 is 1.77 bits per heavy atom. The third kappa shape index (κ3) is 8.79. The van der Waals surface area contributed by atoms with E-state index in [0.717, 1.165) is 50.0 Å². The third-order valence-electron chi connectivity index (χ3n) is 5.12. The van der Waals surface area contributed by atoms with Crippen molar-refractivity contribution in [1.29, 1.82) is 0 Å². The molecule has 3 rings (SSSR count). The zero-order valence-electron chi connectivity index (χ0n) is 17.5. The molecule has 0 bridgehead atoms. The van der Waals surface area contributed by atoms with Gasteiger partial charge in [-0.3, -0.25) is 9.89 Å². The summed E-state index contributed by atoms with van der Waals surface area (Å²) in [4.78, 5) is 6.84. The van der Waals surface area contributed by atoms with Gasteiger partial charge in [-0.25, -0.2) is 0 Å². The first kappa shape index (κ1) is 24.9. The van der Waals surface area contributed by atoms with Crippen LogP contribution in [0.2, 0.25) is 5.02 Å². The highest BCUT2D eigenvalue weighted by molar-refractivity contribution is 14.0. The topological polar surface area (TPSA) is 48.9 Å². The second kappa shape index (κ2) is 13.9. The van der Waals surface area contributed by atoms with Crippen molar-refractivity contribution in [1.82, 2.24) is 15.5 Å². The van der Waals surface area contributed by atoms with Crippen LogP contribution in [0.4, 0.5) is 0 Å². The van der Waals surface area contributed by atoms with Gasteiger partial charge in [-0.15, -0.1) is 24.0 Å². The Kier molecular flexibility index (Phi) is 11.5. The van der Waals surface area contributed by atoms with E-state index < -0.39 is 0 Å². The van der Waals surface area contributed by atoms with Gasteiger partial charge in [-0.1, -0.05) is 54.1 Å². The number of nitrogens with zero attached hydrogens (tertiary/aromatic N) is 2. The van der Waals surface area contributed by atoms with E-state index >= 15 is 0 Å². The van der Waals surface area contributed by atoms with Crippen LogP contribution in [0.5, 0.6) is 0 Å². The zero-order chi connectivity index (χ0) is 20.3. The fraction of sp³-hybridized carbons (Fsp3) is 0.435. The number of hydrogen-bond donors (Lipinski definition) is 2. The van der Waals surface area contributed by atoms with Crippen molar-refractivity contribution in [2.45, 2.75) is 32.0 Å². The molecule has 7 heteroatoms. The SMILES string of the molecule is CN=C(NCCOCc1ccccc1)NC1CCN(Cc2ccc(Cl)cc2)CC1.I. The summed E-state index contributed by atoms with van der Waals surface area (Å²) in [6.45, 7) is 5.17. The minimum atomic E-state index is 0. The molecule has 0 saturated carbocycles. The van der Waals surface area contributed by atoms with E-state index in [0.29, 0.717) is 19.3 Å². The van der Waals surface area contributed by atoms with E-state index in [1.807, 2.05) is 37.4 Å². The molecule has 0 spiro atoms. The molecule has 2 aromatic carbocycles. The van der Waals surface area contributed by atoms with Gasteiger partial charge >= 0.3 is 0 Å². The molecule has 0 amide bonds. The molecule has 30 heavy (non-hydrogen) atoms. The summed E-state index contributed by atoms with van der Waals surface area (Å²) in [6.07, 6.45) is 2.22. The first-order chi connectivity index (χ1) is 14.2. The van der Waals surface area contributed by atoms with Crippen LogP contribution < -0.4 is 10.6 Å². The highest BCUT2D eigenvalue weighted by Crippen LogP contribution is 2.16. The lowest BCUT2D eigenvalue weighted by Gasteiger charge is -2.33. The quantitative estimate of drug-likeness (QED) is 0.226. The monoisotopic (exact) mass is 542 g/mol. The van der Waals surface area contributed by atoms with Gasteiger partial charge in [0.15, 0.2) is 5.96 Å². The van der Waals surface area contributed by atoms with Gasteiger partial charge in [-0.05, 0) is 36.1 Å². The predicted molar refractivity (Wildman–Crippen MR) is 136 cm³/mol. The summed E-state index contributed by atoms with van der Waals surface area (Å²) in [6, 6.07) is 18.8. The normalized spacial score (nSPS) is 15.5. The standard InChI is InChI=1S/C23H31ClN4O.HI/c1-25-23(26-13-16-29-18-20-5-3-2-4-6-20)27-22-11-14-28(15-12-22)17-19-7-9-21(24)10-8-19;/h2-10,22H,11-18H2,1H3,(H2,25,26,27);1H. The molecule has 1 aliphatic heterocycles. The zero-order valence-corrected chi connectivity index (χ0v) is 20.6. The Bertz CT molecular complexity index is 750. The Balaban J connectivity index is 0.00000320. The first-order valence-corrected chi connectivity index (χ1v) is 10.7. The van der Waals surface area contributed by atoms with Gasteiger partial charge in [-0.2, -0.15) is 0 Å². The Morgan fingerprint density at radius 3 is 2.43 bits per heavy atom. The molecule has 0 aromatic heterocycles. The average Bonchev–Trinajstić information content (AvgIpc) is 2.76. The van der Waals surface area contributed by atoms with Crippen molar-refractivity contribution >= 4 is 41.5 Å². The van der Waals surface area contributed by atoms with E-state index in [2.05, 4.69) is 44.8 Å². The van der Waals surface area contributed by atoms with Crippen LogP contribution in [0.25, 0.3) is 0 Å². The summed E-state index contributed by atoms with van der Waals surface area (Å²) < 4.78 is 5.72. The molecule has 0 unspecified atom stereocenters. The Hall–Kier alpha value is -1.35. The Morgan fingerprint density at radius 1 is 1.07 bits per heavy atom. The van der Waals surface area contributed by atoms with Gasteiger partial charge < -0.3 is 15.4 Å². The molecule has 1 saturated heterocycles. The van der Waals surface area contributed by atoms with Gasteiger partial charge in [0.25, 0.3) is 0 Å². The van der Waals surface area contributed by atoms with Crippen LogP contribution in [0.3, 0.4) is 0 Å². The fourth-order valence-electron chi connectivity index (χ4n) is 3.48. The molecular weight excluding hydrogens is 511 g/mol. The second-order valence-corrected chi connectivity index (χ2v) is 7.79. The van der Waals surface area contributed by atoms with Crippen LogP contribution in [0.15, 0.2) is 59.6 Å². The number of benzene rings is 2. The van der Waals surface area contributed by atoms with E-state index in [4.69, 9.17) is 16.3 Å². The number of halogens is 2. The van der Waals surface area contributed by atoms with E-state index in [-0.39, 0.29) is 24.0 Å². The molecule has 5 nitrogen and oxygen atoms in total. The van der Waals surface area contributed by atoms with Crippen LogP contribution in [-0.2, 0) is 17.9 Å². The number of piperidine rings is 1. The number of guanidine groups is 1. The van der Waals surface area contributed by atoms with E-state index in [9.17, 15) is 0 Å². The fourth-order valence-corrected chi connectivity index (χ4v) is 3.60. The lowest BCUT2D eigenvalue weighted by Crippen LogP contribution is -2.49. The van der Waals surface area contributed by atoms with Crippen LogP contribution >= 0.6 is 35.6 Å². The maximum absolute atomic E-state index is 5.97. The number of nitrogens with one attached hydrogen (secondary N) is 2. The lowest BCUT2D eigenvalue weighted by molar-refractivity contribution is 0.125. The molecule has 164 valence electrons. The molecule has 0 atom stereocenters. The molecule has 1 aliphatic rings. The van der Waals surface area contributed by atoms with Crippen molar-refractivity contribution in [3.8, 4) is 0 Å². The smallest absolute Gasteiger partial charge is 0.191 e. The average molecular weight is 543 g/mol. The van der Waals surface area contributed by atoms with Crippen LogP contribution in [-0.4, -0.2) is 50.2 Å². The number of likely N-dealkylation sites (tertiary alicyclic amines) is 1. The number of hydrogen-bond acceptors (Lipinski definition) is 3. The maximum Gasteiger partial charge on any atom is 0.191 e. The van der Waals surface area contributed by atoms with Crippen LogP contribution in [0, 0.1) is 0 Å². The number of rotatable bonds is 8. The molecule has 2 N–H and O–H groups in total. The second-order valence-electron chi connectivity index (χ2n) is 7.36. The van der Waals surface area contributed by atoms with E-state index in [1.165, 1.54) is 11.1 Å². The molecule has 2 aromatic rings. The molecule has 0 radical (unpaired) electrons. The molecular formula is C23H32ClIN4O. The Labute approximate surface area is 202 Å².